The first-order chi connectivity index (χ1) is 12.9. The molecule has 2 aromatic heterocycles. The van der Waals surface area contributed by atoms with Crippen LogP contribution in [0.15, 0.2) is 6.33 Å². The molecule has 0 aromatic carbocycles. The van der Waals surface area contributed by atoms with E-state index in [2.05, 4.69) is 20.9 Å². The van der Waals surface area contributed by atoms with Gasteiger partial charge in [0.25, 0.3) is 0 Å². The molecule has 2 aromatic rings. The van der Waals surface area contributed by atoms with E-state index in [1.165, 1.54) is 10.9 Å². The minimum Gasteiger partial charge on any atom is -0.461 e. The number of hydrogen-bond acceptors (Lipinski definition) is 7. The highest BCUT2D eigenvalue weighted by Gasteiger charge is 2.42. The van der Waals surface area contributed by atoms with E-state index in [9.17, 15) is 9.18 Å². The van der Waals surface area contributed by atoms with Crippen LogP contribution >= 0.6 is 0 Å². The van der Waals surface area contributed by atoms with Crippen LogP contribution in [-0.2, 0) is 14.3 Å². The number of aromatic nitrogens is 4. The Morgan fingerprint density at radius 3 is 2.96 bits per heavy atom. The van der Waals surface area contributed by atoms with Gasteiger partial charge in [-0.1, -0.05) is 19.8 Å². The molecule has 1 aliphatic heterocycles. The normalized spacial score (nSPS) is 22.3. The monoisotopic (exact) mass is 374 g/mol. The number of terminal acetylenes is 1. The average molecular weight is 374 g/mol. The summed E-state index contributed by atoms with van der Waals surface area (Å²) in [5.41, 5.74) is 5.00. The summed E-state index contributed by atoms with van der Waals surface area (Å²) >= 11 is 0. The fourth-order valence-electron chi connectivity index (χ4n) is 3.07. The SMILES string of the molecule is C#C[C@@]1(COC(=O)C(CC)CC)[CH]C[C@H](n2cnc3c(N)nc(F)nc32)O1. The summed E-state index contributed by atoms with van der Waals surface area (Å²) in [5, 5.41) is 0. The molecule has 2 N–H and O–H groups in total. The first-order valence-corrected chi connectivity index (χ1v) is 8.75. The second-order valence-corrected chi connectivity index (χ2v) is 6.37. The minimum absolute atomic E-state index is 0.0551. The number of carbonyl (C=O) groups is 1. The van der Waals surface area contributed by atoms with Crippen LogP contribution in [0.5, 0.6) is 0 Å². The summed E-state index contributed by atoms with van der Waals surface area (Å²) in [7, 11) is 0. The number of carbonyl (C=O) groups excluding carboxylic acids is 1. The lowest BCUT2D eigenvalue weighted by atomic mass is 10.0. The predicted molar refractivity (Wildman–Crippen MR) is 95.3 cm³/mol. The molecule has 9 heteroatoms. The van der Waals surface area contributed by atoms with Crippen LogP contribution in [-0.4, -0.2) is 37.7 Å². The fraction of sp³-hybridized carbons (Fsp3) is 0.500. The highest BCUT2D eigenvalue weighted by molar-refractivity contribution is 5.81. The van der Waals surface area contributed by atoms with Crippen molar-refractivity contribution < 1.29 is 18.7 Å². The number of esters is 1. The van der Waals surface area contributed by atoms with Gasteiger partial charge in [0.05, 0.1) is 12.2 Å². The Morgan fingerprint density at radius 1 is 1.56 bits per heavy atom. The molecule has 2 atom stereocenters. The maximum atomic E-state index is 13.5. The standard InChI is InChI=1S/C18H21FN5O3/c1-4-11(5-2)16(25)26-9-18(6-3)8-7-12(27-18)24-10-21-13-14(20)22-17(19)23-15(13)24/h3,8,10-12H,4-5,7,9H2,1-2H3,(H2,20,22,23)/t12-,18+/m1/s1. The van der Waals surface area contributed by atoms with E-state index in [0.29, 0.717) is 19.3 Å². The predicted octanol–water partition coefficient (Wildman–Crippen LogP) is 2.02. The first-order valence-electron chi connectivity index (χ1n) is 8.75. The summed E-state index contributed by atoms with van der Waals surface area (Å²) < 4.78 is 26.4. The number of hydrogen-bond donors (Lipinski definition) is 1. The number of anilines is 1. The quantitative estimate of drug-likeness (QED) is 0.468. The van der Waals surface area contributed by atoms with Crippen molar-refractivity contribution in [3.63, 3.8) is 0 Å². The zero-order chi connectivity index (χ0) is 19.6. The summed E-state index contributed by atoms with van der Waals surface area (Å²) in [6.45, 7) is 3.77. The van der Waals surface area contributed by atoms with Crippen LogP contribution in [0.1, 0.15) is 39.3 Å². The highest BCUT2D eigenvalue weighted by atomic mass is 19.1. The average Bonchev–Trinajstić information content (AvgIpc) is 3.26. The summed E-state index contributed by atoms with van der Waals surface area (Å²) in [5.74, 6) is 2.03. The number of imidazole rings is 1. The van der Waals surface area contributed by atoms with Crippen LogP contribution in [0.25, 0.3) is 11.2 Å². The molecule has 0 amide bonds. The second-order valence-electron chi connectivity index (χ2n) is 6.37. The zero-order valence-corrected chi connectivity index (χ0v) is 15.2. The van der Waals surface area contributed by atoms with Crippen molar-refractivity contribution in [2.45, 2.75) is 44.9 Å². The van der Waals surface area contributed by atoms with Gasteiger partial charge in [0.1, 0.15) is 12.8 Å². The van der Waals surface area contributed by atoms with Gasteiger partial charge in [-0.2, -0.15) is 14.4 Å². The third-order valence-electron chi connectivity index (χ3n) is 4.72. The van der Waals surface area contributed by atoms with Crippen LogP contribution in [0.3, 0.4) is 0 Å². The number of nitrogens with zero attached hydrogens (tertiary/aromatic N) is 4. The Labute approximate surface area is 156 Å². The molecule has 1 aliphatic rings. The largest absolute Gasteiger partial charge is 0.461 e. The molecule has 3 rings (SSSR count). The van der Waals surface area contributed by atoms with Crippen molar-refractivity contribution >= 4 is 23.0 Å². The Morgan fingerprint density at radius 2 is 2.30 bits per heavy atom. The molecule has 1 radical (unpaired) electrons. The van der Waals surface area contributed by atoms with Crippen LogP contribution in [0.2, 0.25) is 0 Å². The molecule has 27 heavy (non-hydrogen) atoms. The van der Waals surface area contributed by atoms with Crippen molar-refractivity contribution in [2.75, 3.05) is 12.3 Å². The molecule has 0 unspecified atom stereocenters. The highest BCUT2D eigenvalue weighted by Crippen LogP contribution is 2.37. The van der Waals surface area contributed by atoms with Crippen LogP contribution in [0.4, 0.5) is 10.2 Å². The number of nitrogen functional groups attached to an aromatic ring is 1. The first kappa shape index (κ1) is 19.0. The molecule has 0 saturated carbocycles. The molecule has 1 saturated heterocycles. The Hall–Kier alpha value is -2.73. The number of halogens is 1. The van der Waals surface area contributed by atoms with Gasteiger partial charge in [0.15, 0.2) is 22.6 Å². The molecule has 3 heterocycles. The van der Waals surface area contributed by atoms with Gasteiger partial charge in [-0.15, -0.1) is 6.42 Å². The van der Waals surface area contributed by atoms with Gasteiger partial charge >= 0.3 is 12.0 Å². The lowest BCUT2D eigenvalue weighted by Crippen LogP contribution is -2.35. The van der Waals surface area contributed by atoms with E-state index < -0.39 is 17.9 Å². The van der Waals surface area contributed by atoms with Crippen LogP contribution < -0.4 is 5.73 Å². The van der Waals surface area contributed by atoms with E-state index in [0.717, 1.165) is 0 Å². The molecule has 8 nitrogen and oxygen atoms in total. The number of fused-ring (bicyclic) bond motifs is 1. The molecule has 1 fully saturated rings. The van der Waals surface area contributed by atoms with Gasteiger partial charge in [-0.05, 0) is 19.3 Å². The minimum atomic E-state index is -1.17. The number of ether oxygens (including phenoxy) is 2. The molecule has 143 valence electrons. The smallest absolute Gasteiger partial charge is 0.312 e. The summed E-state index contributed by atoms with van der Waals surface area (Å²) in [6.07, 6.45) is 9.10. The Balaban J connectivity index is 1.77. The lowest BCUT2D eigenvalue weighted by Gasteiger charge is -2.24. The Kier molecular flexibility index (Phi) is 5.28. The van der Waals surface area contributed by atoms with Crippen LogP contribution in [0, 0.1) is 30.8 Å². The molecule has 0 aliphatic carbocycles. The van der Waals surface area contributed by atoms with Crippen molar-refractivity contribution in [3.05, 3.63) is 18.8 Å². The van der Waals surface area contributed by atoms with Gasteiger partial charge in [0.2, 0.25) is 0 Å². The third-order valence-corrected chi connectivity index (χ3v) is 4.72. The maximum absolute atomic E-state index is 13.5. The van der Waals surface area contributed by atoms with Gasteiger partial charge in [0, 0.05) is 6.42 Å². The second kappa shape index (κ2) is 7.48. The third kappa shape index (κ3) is 3.57. The van der Waals surface area contributed by atoms with Gasteiger partial charge in [-0.3, -0.25) is 9.36 Å². The van der Waals surface area contributed by atoms with Crippen molar-refractivity contribution in [2.24, 2.45) is 5.92 Å². The summed E-state index contributed by atoms with van der Waals surface area (Å²) in [4.78, 5) is 23.4. The molecular formula is C18H21FN5O3. The van der Waals surface area contributed by atoms with Crippen molar-refractivity contribution in [3.8, 4) is 12.3 Å². The molecular weight excluding hydrogens is 353 g/mol. The topological polar surface area (TPSA) is 105 Å². The van der Waals surface area contributed by atoms with E-state index >= 15 is 0 Å². The summed E-state index contributed by atoms with van der Waals surface area (Å²) in [6, 6.07) is 0. The van der Waals surface area contributed by atoms with E-state index in [4.69, 9.17) is 21.6 Å². The van der Waals surface area contributed by atoms with Crippen molar-refractivity contribution in [1.82, 2.24) is 19.5 Å². The maximum Gasteiger partial charge on any atom is 0.312 e. The fourth-order valence-corrected chi connectivity index (χ4v) is 3.07. The van der Waals surface area contributed by atoms with E-state index in [1.807, 2.05) is 13.8 Å². The number of nitrogens with two attached hydrogens (primary N) is 1. The van der Waals surface area contributed by atoms with E-state index in [1.54, 1.807) is 6.42 Å². The lowest BCUT2D eigenvalue weighted by molar-refractivity contribution is -0.156. The molecule has 0 spiro atoms. The molecule has 0 bridgehead atoms. The zero-order valence-electron chi connectivity index (χ0n) is 15.2. The van der Waals surface area contributed by atoms with E-state index in [-0.39, 0.29) is 35.5 Å². The van der Waals surface area contributed by atoms with Gasteiger partial charge in [-0.25, -0.2) is 4.98 Å². The van der Waals surface area contributed by atoms with Gasteiger partial charge < -0.3 is 15.2 Å². The van der Waals surface area contributed by atoms with Crippen molar-refractivity contribution in [1.29, 1.82) is 0 Å². The number of rotatable bonds is 6. The Bertz CT molecular complexity index is 889.